The average molecular weight is 258 g/mol. The van der Waals surface area contributed by atoms with Gasteiger partial charge in [-0.1, -0.05) is 39.5 Å². The lowest BCUT2D eigenvalue weighted by molar-refractivity contribution is -0.192. The molecule has 1 unspecified atom stereocenters. The summed E-state index contributed by atoms with van der Waals surface area (Å²) >= 11 is 0. The Labute approximate surface area is 99.6 Å². The van der Waals surface area contributed by atoms with E-state index in [-0.39, 0.29) is 6.10 Å². The maximum Gasteiger partial charge on any atom is 0.490 e. The van der Waals surface area contributed by atoms with E-state index in [1.807, 2.05) is 6.92 Å². The van der Waals surface area contributed by atoms with Gasteiger partial charge in [-0.2, -0.15) is 13.2 Å². The molecular weight excluding hydrogens is 237 g/mol. The third-order valence-corrected chi connectivity index (χ3v) is 2.10. The number of carboxylic acid groups (broad SMARTS) is 1. The number of hydrogen-bond donors (Lipinski definition) is 2. The van der Waals surface area contributed by atoms with Crippen LogP contribution in [0.5, 0.6) is 0 Å². The third-order valence-electron chi connectivity index (χ3n) is 2.10. The molecule has 0 heterocycles. The number of carbonyl (C=O) groups is 1. The first kappa shape index (κ1) is 18.6. The molecule has 0 radical (unpaired) electrons. The van der Waals surface area contributed by atoms with Crippen LogP contribution in [-0.4, -0.2) is 28.5 Å². The number of aliphatic carboxylic acids is 1. The van der Waals surface area contributed by atoms with Crippen molar-refractivity contribution in [3.8, 4) is 0 Å². The molecule has 3 nitrogen and oxygen atoms in total. The molecule has 0 rings (SSSR count). The van der Waals surface area contributed by atoms with Crippen molar-refractivity contribution in [2.75, 3.05) is 0 Å². The summed E-state index contributed by atoms with van der Waals surface area (Å²) in [6, 6.07) is 0. The summed E-state index contributed by atoms with van der Waals surface area (Å²) < 4.78 is 31.7. The molecule has 2 N–H and O–H groups in total. The Morgan fingerprint density at radius 1 is 1.18 bits per heavy atom. The molecule has 0 aliphatic carbocycles. The molecule has 0 fully saturated rings. The topological polar surface area (TPSA) is 57.5 Å². The molecule has 0 aromatic rings. The maximum absolute atomic E-state index is 10.6. The summed E-state index contributed by atoms with van der Waals surface area (Å²) in [6.07, 6.45) is 1.86. The first-order valence-electron chi connectivity index (χ1n) is 5.73. The predicted molar refractivity (Wildman–Crippen MR) is 58.7 cm³/mol. The van der Waals surface area contributed by atoms with E-state index in [9.17, 15) is 13.2 Å². The Morgan fingerprint density at radius 2 is 1.65 bits per heavy atom. The number of halogens is 3. The number of aliphatic hydroxyl groups excluding tert-OH is 1. The fraction of sp³-hybridized carbons (Fsp3) is 0.909. The van der Waals surface area contributed by atoms with Crippen molar-refractivity contribution < 1.29 is 28.2 Å². The zero-order chi connectivity index (χ0) is 13.9. The predicted octanol–water partition coefficient (Wildman–Crippen LogP) is 3.36. The lowest BCUT2D eigenvalue weighted by Gasteiger charge is -2.05. The van der Waals surface area contributed by atoms with E-state index in [1.165, 1.54) is 25.7 Å². The summed E-state index contributed by atoms with van der Waals surface area (Å²) in [6.45, 7) is 4.24. The average Bonchev–Trinajstić information content (AvgIpc) is 2.23. The molecule has 0 aromatic heterocycles. The highest BCUT2D eigenvalue weighted by Gasteiger charge is 2.38. The van der Waals surface area contributed by atoms with Crippen molar-refractivity contribution in [1.29, 1.82) is 0 Å². The Bertz CT molecular complexity index is 193. The lowest BCUT2D eigenvalue weighted by atomic mass is 10.1. The molecule has 104 valence electrons. The highest BCUT2D eigenvalue weighted by Crippen LogP contribution is 2.13. The molecule has 0 saturated heterocycles. The minimum atomic E-state index is -5.08. The summed E-state index contributed by atoms with van der Waals surface area (Å²) in [7, 11) is 0. The molecule has 0 aliphatic heterocycles. The van der Waals surface area contributed by atoms with Crippen LogP contribution < -0.4 is 0 Å². The maximum atomic E-state index is 10.6. The molecule has 0 spiro atoms. The summed E-state index contributed by atoms with van der Waals surface area (Å²) in [5.41, 5.74) is 0. The summed E-state index contributed by atoms with van der Waals surface area (Å²) in [4.78, 5) is 8.90. The van der Waals surface area contributed by atoms with Gasteiger partial charge in [0.2, 0.25) is 0 Å². The Balaban J connectivity index is 0. The van der Waals surface area contributed by atoms with Crippen LogP contribution in [0, 0.1) is 0 Å². The Morgan fingerprint density at radius 3 is 1.94 bits per heavy atom. The van der Waals surface area contributed by atoms with Gasteiger partial charge in [0.15, 0.2) is 0 Å². The van der Waals surface area contributed by atoms with Gasteiger partial charge in [0.1, 0.15) is 0 Å². The Kier molecular flexibility index (Phi) is 11.3. The highest BCUT2D eigenvalue weighted by atomic mass is 19.4. The van der Waals surface area contributed by atoms with Crippen molar-refractivity contribution in [2.24, 2.45) is 0 Å². The van der Waals surface area contributed by atoms with Crippen LogP contribution in [-0.2, 0) is 4.79 Å². The number of carboxylic acids is 1. The van der Waals surface area contributed by atoms with Gasteiger partial charge in [0, 0.05) is 0 Å². The lowest BCUT2D eigenvalue weighted by Crippen LogP contribution is -2.21. The fourth-order valence-electron chi connectivity index (χ4n) is 1.01. The van der Waals surface area contributed by atoms with Gasteiger partial charge in [0.05, 0.1) is 6.10 Å². The van der Waals surface area contributed by atoms with Gasteiger partial charge in [-0.15, -0.1) is 0 Å². The first-order chi connectivity index (χ1) is 7.75. The highest BCUT2D eigenvalue weighted by molar-refractivity contribution is 5.73. The number of hydrogen-bond acceptors (Lipinski definition) is 2. The minimum absolute atomic E-state index is 0.0446. The largest absolute Gasteiger partial charge is 0.490 e. The van der Waals surface area contributed by atoms with E-state index >= 15 is 0 Å². The van der Waals surface area contributed by atoms with Gasteiger partial charge < -0.3 is 10.2 Å². The second kappa shape index (κ2) is 10.4. The number of unbranched alkanes of at least 4 members (excludes halogenated alkanes) is 3. The van der Waals surface area contributed by atoms with Gasteiger partial charge in [-0.25, -0.2) is 4.79 Å². The molecule has 0 aromatic carbocycles. The molecular formula is C11H21F3O3. The van der Waals surface area contributed by atoms with Gasteiger partial charge >= 0.3 is 12.1 Å². The molecule has 0 saturated carbocycles. The van der Waals surface area contributed by atoms with Crippen molar-refractivity contribution in [1.82, 2.24) is 0 Å². The van der Waals surface area contributed by atoms with Gasteiger partial charge in [0.25, 0.3) is 0 Å². The fourth-order valence-corrected chi connectivity index (χ4v) is 1.01. The smallest absolute Gasteiger partial charge is 0.475 e. The van der Waals surface area contributed by atoms with Crippen molar-refractivity contribution in [2.45, 2.75) is 64.7 Å². The van der Waals surface area contributed by atoms with Crippen LogP contribution >= 0.6 is 0 Å². The van der Waals surface area contributed by atoms with Gasteiger partial charge in [-0.3, -0.25) is 0 Å². The number of rotatable bonds is 6. The zero-order valence-corrected chi connectivity index (χ0v) is 10.3. The van der Waals surface area contributed by atoms with Crippen LogP contribution in [0.4, 0.5) is 13.2 Å². The van der Waals surface area contributed by atoms with Crippen LogP contribution in [0.2, 0.25) is 0 Å². The molecule has 6 heteroatoms. The molecule has 0 amide bonds. The van der Waals surface area contributed by atoms with Crippen molar-refractivity contribution in [3.05, 3.63) is 0 Å². The van der Waals surface area contributed by atoms with Crippen LogP contribution in [0.15, 0.2) is 0 Å². The van der Waals surface area contributed by atoms with E-state index < -0.39 is 12.1 Å². The number of alkyl halides is 3. The summed E-state index contributed by atoms with van der Waals surface area (Å²) in [5, 5.41) is 16.3. The van der Waals surface area contributed by atoms with E-state index in [0.29, 0.717) is 0 Å². The van der Waals surface area contributed by atoms with E-state index in [2.05, 4.69) is 6.92 Å². The SMILES string of the molecule is CCCCCCC(O)CC.O=C(O)C(F)(F)F. The van der Waals surface area contributed by atoms with E-state index in [4.69, 9.17) is 15.0 Å². The van der Waals surface area contributed by atoms with Crippen molar-refractivity contribution >= 4 is 5.97 Å². The third kappa shape index (κ3) is 15.2. The zero-order valence-electron chi connectivity index (χ0n) is 10.3. The van der Waals surface area contributed by atoms with Crippen LogP contribution in [0.3, 0.4) is 0 Å². The number of aliphatic hydroxyl groups is 1. The summed E-state index contributed by atoms with van der Waals surface area (Å²) in [5.74, 6) is -2.76. The molecule has 0 aliphatic rings. The normalized spacial score (nSPS) is 12.6. The van der Waals surface area contributed by atoms with Crippen LogP contribution in [0.25, 0.3) is 0 Å². The standard InChI is InChI=1S/C9H20O.C2HF3O2/c1-3-5-6-7-8-9(10)4-2;3-2(4,5)1(6)7/h9-10H,3-8H2,1-2H3;(H,6,7). The second-order valence-corrected chi connectivity index (χ2v) is 3.71. The van der Waals surface area contributed by atoms with Gasteiger partial charge in [-0.05, 0) is 12.8 Å². The molecule has 1 atom stereocenters. The molecule has 17 heavy (non-hydrogen) atoms. The van der Waals surface area contributed by atoms with E-state index in [0.717, 1.165) is 12.8 Å². The quantitative estimate of drug-likeness (QED) is 0.718. The monoisotopic (exact) mass is 258 g/mol. The second-order valence-electron chi connectivity index (χ2n) is 3.71. The Hall–Kier alpha value is -0.780. The van der Waals surface area contributed by atoms with E-state index in [1.54, 1.807) is 0 Å². The first-order valence-corrected chi connectivity index (χ1v) is 5.73. The minimum Gasteiger partial charge on any atom is -0.475 e. The van der Waals surface area contributed by atoms with Crippen molar-refractivity contribution in [3.63, 3.8) is 0 Å². The molecule has 0 bridgehead atoms. The van der Waals surface area contributed by atoms with Crippen LogP contribution in [0.1, 0.15) is 52.4 Å².